The molecule has 0 atom stereocenters. The second-order valence-corrected chi connectivity index (χ2v) is 10.5. The van der Waals surface area contributed by atoms with E-state index in [1.165, 1.54) is 30.3 Å². The highest BCUT2D eigenvalue weighted by atomic mass is 32.2. The Hall–Kier alpha value is -2.21. The third-order valence-electron chi connectivity index (χ3n) is 5.23. The lowest BCUT2D eigenvalue weighted by Crippen LogP contribution is -2.32. The van der Waals surface area contributed by atoms with Crippen molar-refractivity contribution in [1.29, 1.82) is 0 Å². The summed E-state index contributed by atoms with van der Waals surface area (Å²) in [4.78, 5) is 14.1. The van der Waals surface area contributed by atoms with E-state index in [2.05, 4.69) is 25.0 Å². The monoisotopic (exact) mass is 471 g/mol. The van der Waals surface area contributed by atoms with E-state index in [1.807, 2.05) is 0 Å². The molecule has 2 aromatic rings. The molecule has 4 rings (SSSR count). The molecule has 2 fully saturated rings. The molecule has 1 aliphatic heterocycles. The average Bonchev–Trinajstić information content (AvgIpc) is 3.52. The largest absolute Gasteiger partial charge is 0.341 e. The Kier molecular flexibility index (Phi) is 6.47. The van der Waals surface area contributed by atoms with Gasteiger partial charge in [-0.25, -0.2) is 8.42 Å². The molecule has 1 amide bonds. The number of amides is 1. The Labute approximate surface area is 183 Å². The first kappa shape index (κ1) is 22.0. The highest BCUT2D eigenvalue weighted by molar-refractivity contribution is 7.99. The number of carbonyl (C=O) groups excluding carboxylic acids is 1. The van der Waals surface area contributed by atoms with Crippen molar-refractivity contribution in [1.82, 2.24) is 14.8 Å². The van der Waals surface area contributed by atoms with Crippen molar-refractivity contribution >= 4 is 39.1 Å². The maximum atomic E-state index is 12.6. The van der Waals surface area contributed by atoms with E-state index < -0.39 is 20.5 Å². The number of rotatable bonds is 8. The predicted octanol–water partition coefficient (Wildman–Crippen LogP) is 3.33. The molecule has 2 aliphatic rings. The van der Waals surface area contributed by atoms with Gasteiger partial charge in [-0.15, -0.1) is 10.2 Å². The van der Waals surface area contributed by atoms with Gasteiger partial charge in [-0.2, -0.15) is 8.78 Å². The van der Waals surface area contributed by atoms with Crippen LogP contribution in [0.3, 0.4) is 0 Å². The third kappa shape index (κ3) is 5.00. The van der Waals surface area contributed by atoms with E-state index in [1.54, 1.807) is 0 Å². The summed E-state index contributed by atoms with van der Waals surface area (Å²) in [5, 5.41) is 12.0. The minimum atomic E-state index is -4.65. The molecule has 1 N–H and O–H groups in total. The molecule has 0 radical (unpaired) electrons. The van der Waals surface area contributed by atoms with Crippen LogP contribution in [0.25, 0.3) is 0 Å². The van der Waals surface area contributed by atoms with Crippen LogP contribution in [0.1, 0.15) is 38.1 Å². The molecular formula is C19H23F2N5O3S2. The molecule has 0 bridgehead atoms. The van der Waals surface area contributed by atoms with Gasteiger partial charge in [-0.1, -0.05) is 11.8 Å². The van der Waals surface area contributed by atoms with Crippen LogP contribution in [0.4, 0.5) is 20.4 Å². The molecule has 12 heteroatoms. The second-order valence-electron chi connectivity index (χ2n) is 7.60. The van der Waals surface area contributed by atoms with Crippen molar-refractivity contribution in [3.63, 3.8) is 0 Å². The number of thioether (sulfide) groups is 1. The summed E-state index contributed by atoms with van der Waals surface area (Å²) in [5.74, 6) is -2.81. The fourth-order valence-electron chi connectivity index (χ4n) is 3.49. The molecule has 1 aromatic heterocycles. The summed E-state index contributed by atoms with van der Waals surface area (Å²) >= 11 is 1.29. The van der Waals surface area contributed by atoms with Gasteiger partial charge < -0.3 is 10.2 Å². The number of alkyl halides is 2. The number of piperidine rings is 1. The van der Waals surface area contributed by atoms with Crippen LogP contribution in [0.2, 0.25) is 0 Å². The van der Waals surface area contributed by atoms with Crippen molar-refractivity contribution < 1.29 is 22.0 Å². The smallest absolute Gasteiger partial charge is 0.341 e. The minimum absolute atomic E-state index is 0.0991. The van der Waals surface area contributed by atoms with Crippen LogP contribution in [-0.4, -0.2) is 53.7 Å². The lowest BCUT2D eigenvalue weighted by Gasteiger charge is -2.27. The second kappa shape index (κ2) is 9.11. The third-order valence-corrected chi connectivity index (χ3v) is 7.57. The highest BCUT2D eigenvalue weighted by Crippen LogP contribution is 2.41. The van der Waals surface area contributed by atoms with Crippen LogP contribution in [0.5, 0.6) is 0 Å². The average molecular weight is 472 g/mol. The van der Waals surface area contributed by atoms with Crippen molar-refractivity contribution in [2.45, 2.75) is 54.0 Å². The maximum Gasteiger partial charge on any atom is 0.341 e. The van der Waals surface area contributed by atoms with Crippen LogP contribution < -0.4 is 10.2 Å². The van der Waals surface area contributed by atoms with E-state index in [0.29, 0.717) is 16.9 Å². The SMILES string of the molecule is O=C(CSc1nnc(N2CCCCC2)n1C1CC1)Nc1ccc(S(=O)(=O)C(F)F)cc1. The summed E-state index contributed by atoms with van der Waals surface area (Å²) in [7, 11) is -4.65. The first-order valence-electron chi connectivity index (χ1n) is 10.1. The number of nitrogens with one attached hydrogen (secondary N) is 1. The normalized spacial score (nSPS) is 17.2. The fraction of sp³-hybridized carbons (Fsp3) is 0.526. The number of hydrogen-bond acceptors (Lipinski definition) is 7. The zero-order valence-corrected chi connectivity index (χ0v) is 18.3. The molecule has 1 aromatic carbocycles. The summed E-state index contributed by atoms with van der Waals surface area (Å²) in [6.07, 6.45) is 5.66. The van der Waals surface area contributed by atoms with Gasteiger partial charge in [0.15, 0.2) is 5.16 Å². The molecule has 168 valence electrons. The molecule has 31 heavy (non-hydrogen) atoms. The Morgan fingerprint density at radius 2 is 1.81 bits per heavy atom. The summed E-state index contributed by atoms with van der Waals surface area (Å²) in [6.45, 7) is 1.93. The summed E-state index contributed by atoms with van der Waals surface area (Å²) < 4.78 is 50.3. The predicted molar refractivity (Wildman–Crippen MR) is 113 cm³/mol. The van der Waals surface area contributed by atoms with Crippen LogP contribution in [-0.2, 0) is 14.6 Å². The number of hydrogen-bond donors (Lipinski definition) is 1. The van der Waals surface area contributed by atoms with E-state index >= 15 is 0 Å². The molecule has 0 unspecified atom stereocenters. The van der Waals surface area contributed by atoms with E-state index in [-0.39, 0.29) is 11.7 Å². The first-order valence-corrected chi connectivity index (χ1v) is 12.6. The molecular weight excluding hydrogens is 448 g/mol. The Morgan fingerprint density at radius 1 is 1.13 bits per heavy atom. The van der Waals surface area contributed by atoms with E-state index in [9.17, 15) is 22.0 Å². The van der Waals surface area contributed by atoms with Gasteiger partial charge in [0.25, 0.3) is 0 Å². The highest BCUT2D eigenvalue weighted by Gasteiger charge is 2.32. The van der Waals surface area contributed by atoms with Crippen molar-refractivity contribution in [2.75, 3.05) is 29.1 Å². The standard InChI is InChI=1S/C19H23F2N5O3S2/c20-17(21)31(28,29)15-8-4-13(5-9-15)22-16(27)12-30-19-24-23-18(26(19)14-6-7-14)25-10-2-1-3-11-25/h4-5,8-9,14,17H,1-3,6-7,10-12H2,(H,22,27). The number of carbonyl (C=O) groups is 1. The molecule has 0 spiro atoms. The van der Waals surface area contributed by atoms with Gasteiger partial charge in [0, 0.05) is 24.8 Å². The molecule has 8 nitrogen and oxygen atoms in total. The number of aromatic nitrogens is 3. The topological polar surface area (TPSA) is 97.2 Å². The number of nitrogens with zero attached hydrogens (tertiary/aromatic N) is 4. The molecule has 1 aliphatic carbocycles. The van der Waals surface area contributed by atoms with Gasteiger partial charge in [-0.05, 0) is 56.4 Å². The van der Waals surface area contributed by atoms with Gasteiger partial charge in [-0.3, -0.25) is 9.36 Å². The van der Waals surface area contributed by atoms with Gasteiger partial charge in [0.05, 0.1) is 10.6 Å². The van der Waals surface area contributed by atoms with E-state index in [0.717, 1.165) is 56.9 Å². The van der Waals surface area contributed by atoms with Gasteiger partial charge >= 0.3 is 5.76 Å². The Bertz CT molecular complexity index is 1030. The van der Waals surface area contributed by atoms with Gasteiger partial charge in [0.1, 0.15) is 0 Å². The lowest BCUT2D eigenvalue weighted by molar-refractivity contribution is -0.113. The Morgan fingerprint density at radius 3 is 2.42 bits per heavy atom. The number of benzene rings is 1. The minimum Gasteiger partial charge on any atom is -0.341 e. The zero-order chi connectivity index (χ0) is 22.0. The van der Waals surface area contributed by atoms with Crippen molar-refractivity contribution in [3.05, 3.63) is 24.3 Å². The van der Waals surface area contributed by atoms with Crippen LogP contribution >= 0.6 is 11.8 Å². The quantitative estimate of drug-likeness (QED) is 0.590. The number of anilines is 2. The summed E-state index contributed by atoms with van der Waals surface area (Å²) in [5.41, 5.74) is 0.330. The first-order chi connectivity index (χ1) is 14.9. The lowest BCUT2D eigenvalue weighted by atomic mass is 10.1. The number of halogens is 2. The fourth-order valence-corrected chi connectivity index (χ4v) is 5.01. The molecule has 1 saturated carbocycles. The number of sulfone groups is 1. The maximum absolute atomic E-state index is 12.6. The van der Waals surface area contributed by atoms with Crippen LogP contribution in [0.15, 0.2) is 34.3 Å². The zero-order valence-electron chi connectivity index (χ0n) is 16.7. The van der Waals surface area contributed by atoms with Gasteiger partial charge in [0.2, 0.25) is 21.7 Å². The summed E-state index contributed by atoms with van der Waals surface area (Å²) in [6, 6.07) is 5.07. The Balaban J connectivity index is 1.37. The molecule has 2 heterocycles. The van der Waals surface area contributed by atoms with Crippen LogP contribution in [0, 0.1) is 0 Å². The van der Waals surface area contributed by atoms with Crippen molar-refractivity contribution in [2.24, 2.45) is 0 Å². The van der Waals surface area contributed by atoms with Crippen molar-refractivity contribution in [3.8, 4) is 0 Å². The van der Waals surface area contributed by atoms with E-state index in [4.69, 9.17) is 0 Å². The molecule has 1 saturated heterocycles.